The summed E-state index contributed by atoms with van der Waals surface area (Å²) in [5.41, 5.74) is 1.50. The van der Waals surface area contributed by atoms with Crippen molar-refractivity contribution < 1.29 is 9.90 Å². The van der Waals surface area contributed by atoms with Crippen LogP contribution in [0.1, 0.15) is 36.8 Å². The Hall–Kier alpha value is -2.47. The third kappa shape index (κ3) is 3.09. The average molecular weight is 356 g/mol. The van der Waals surface area contributed by atoms with Crippen LogP contribution in [0, 0.1) is 6.92 Å². The number of fused-ring (bicyclic) bond motifs is 1. The van der Waals surface area contributed by atoms with E-state index in [-0.39, 0.29) is 5.56 Å². The van der Waals surface area contributed by atoms with Crippen molar-refractivity contribution in [2.75, 3.05) is 0 Å². The number of benzene rings is 1. The molecule has 0 fully saturated rings. The van der Waals surface area contributed by atoms with Crippen molar-refractivity contribution in [3.63, 3.8) is 0 Å². The molecule has 0 amide bonds. The Morgan fingerprint density at radius 3 is 2.68 bits per heavy atom. The summed E-state index contributed by atoms with van der Waals surface area (Å²) in [5.74, 6) is -0.606. The van der Waals surface area contributed by atoms with Crippen LogP contribution in [0.15, 0.2) is 35.1 Å². The number of hydrogen-bond donors (Lipinski definition) is 1. The van der Waals surface area contributed by atoms with E-state index in [4.69, 9.17) is 0 Å². The van der Waals surface area contributed by atoms with Crippen LogP contribution in [-0.4, -0.2) is 20.6 Å². The number of rotatable bonds is 5. The quantitative estimate of drug-likeness (QED) is 0.749. The average Bonchev–Trinajstić information content (AvgIpc) is 3.00. The Balaban J connectivity index is 2.40. The van der Waals surface area contributed by atoms with Crippen LogP contribution in [-0.2, 0) is 11.2 Å². The lowest BCUT2D eigenvalue weighted by molar-refractivity contribution is -0.141. The van der Waals surface area contributed by atoms with E-state index < -0.39 is 12.0 Å². The van der Waals surface area contributed by atoms with Crippen molar-refractivity contribution in [1.82, 2.24) is 9.55 Å². The van der Waals surface area contributed by atoms with E-state index in [1.54, 1.807) is 6.92 Å². The molecule has 0 aliphatic carbocycles. The smallest absolute Gasteiger partial charge is 0.326 e. The summed E-state index contributed by atoms with van der Waals surface area (Å²) in [6.45, 7) is 5.75. The molecule has 0 aliphatic heterocycles. The number of aliphatic carboxylic acids is 1. The summed E-state index contributed by atoms with van der Waals surface area (Å²) in [6, 6.07) is 8.52. The van der Waals surface area contributed by atoms with Gasteiger partial charge >= 0.3 is 5.97 Å². The number of carboxylic acid groups (broad SMARTS) is 1. The van der Waals surface area contributed by atoms with Crippen LogP contribution in [0.2, 0.25) is 0 Å². The summed E-state index contributed by atoms with van der Waals surface area (Å²) >= 11 is 1.49. The summed E-state index contributed by atoms with van der Waals surface area (Å²) < 4.78 is 1.34. The lowest BCUT2D eigenvalue weighted by atomic mass is 10.1. The minimum absolute atomic E-state index is 0.285. The van der Waals surface area contributed by atoms with Gasteiger partial charge in [-0.05, 0) is 31.9 Å². The summed E-state index contributed by atoms with van der Waals surface area (Å²) in [5, 5.41) is 10.1. The highest BCUT2D eigenvalue weighted by Gasteiger charge is 2.25. The molecule has 25 heavy (non-hydrogen) atoms. The number of hydrogen-bond acceptors (Lipinski definition) is 4. The predicted octanol–water partition coefficient (Wildman–Crippen LogP) is 4.03. The highest BCUT2D eigenvalue weighted by atomic mass is 32.1. The van der Waals surface area contributed by atoms with Gasteiger partial charge in [-0.1, -0.05) is 37.6 Å². The van der Waals surface area contributed by atoms with Crippen molar-refractivity contribution in [1.29, 1.82) is 0 Å². The number of nitrogens with zero attached hydrogens (tertiary/aromatic N) is 2. The van der Waals surface area contributed by atoms with E-state index in [2.05, 4.69) is 4.98 Å². The fourth-order valence-corrected chi connectivity index (χ4v) is 3.92. The maximum atomic E-state index is 13.1. The van der Waals surface area contributed by atoms with Crippen molar-refractivity contribution in [3.8, 4) is 11.4 Å². The van der Waals surface area contributed by atoms with Crippen molar-refractivity contribution in [2.24, 2.45) is 0 Å². The molecule has 130 valence electrons. The number of aryl methyl sites for hydroxylation is 2. The zero-order valence-electron chi connectivity index (χ0n) is 14.4. The molecular weight excluding hydrogens is 336 g/mol. The molecular formula is C19H20N2O3S. The molecule has 2 aromatic heterocycles. The van der Waals surface area contributed by atoms with Crippen LogP contribution >= 0.6 is 11.3 Å². The number of carboxylic acids is 1. The van der Waals surface area contributed by atoms with Crippen LogP contribution in [0.3, 0.4) is 0 Å². The first kappa shape index (κ1) is 17.4. The molecule has 3 aromatic rings. The zero-order valence-corrected chi connectivity index (χ0v) is 15.3. The normalized spacial score (nSPS) is 12.4. The van der Waals surface area contributed by atoms with E-state index in [0.717, 1.165) is 22.4 Å². The number of thiophene rings is 1. The summed E-state index contributed by atoms with van der Waals surface area (Å²) in [4.78, 5) is 31.3. The second-order valence-corrected chi connectivity index (χ2v) is 7.14. The maximum absolute atomic E-state index is 13.1. The minimum Gasteiger partial charge on any atom is -0.480 e. The first-order valence-corrected chi connectivity index (χ1v) is 9.12. The van der Waals surface area contributed by atoms with E-state index in [0.29, 0.717) is 22.5 Å². The molecule has 0 aliphatic rings. The van der Waals surface area contributed by atoms with Gasteiger partial charge in [-0.25, -0.2) is 9.78 Å². The molecule has 0 spiro atoms. The first-order chi connectivity index (χ1) is 12.0. The molecule has 0 bridgehead atoms. The third-order valence-electron chi connectivity index (χ3n) is 4.26. The van der Waals surface area contributed by atoms with Gasteiger partial charge in [0.1, 0.15) is 16.7 Å². The molecule has 1 N–H and O–H groups in total. The Labute approximate surface area is 149 Å². The molecule has 1 atom stereocenters. The van der Waals surface area contributed by atoms with Gasteiger partial charge in [0.05, 0.1) is 5.39 Å². The molecule has 2 heterocycles. The van der Waals surface area contributed by atoms with Crippen molar-refractivity contribution >= 4 is 27.5 Å². The lowest BCUT2D eigenvalue weighted by Crippen LogP contribution is -2.31. The van der Waals surface area contributed by atoms with Crippen LogP contribution in [0.4, 0.5) is 0 Å². The van der Waals surface area contributed by atoms with Gasteiger partial charge in [0.2, 0.25) is 0 Å². The van der Waals surface area contributed by atoms with E-state index >= 15 is 0 Å². The maximum Gasteiger partial charge on any atom is 0.326 e. The molecule has 0 radical (unpaired) electrons. The molecule has 0 saturated heterocycles. The molecule has 0 saturated carbocycles. The Bertz CT molecular complexity index is 1000. The highest BCUT2D eigenvalue weighted by Crippen LogP contribution is 2.28. The van der Waals surface area contributed by atoms with Crippen molar-refractivity contribution in [2.45, 2.75) is 39.7 Å². The fraction of sp³-hybridized carbons (Fsp3) is 0.316. The topological polar surface area (TPSA) is 72.2 Å². The molecule has 1 aromatic carbocycles. The Morgan fingerprint density at radius 1 is 1.32 bits per heavy atom. The van der Waals surface area contributed by atoms with Crippen LogP contribution in [0.25, 0.3) is 21.6 Å². The first-order valence-electron chi connectivity index (χ1n) is 8.31. The van der Waals surface area contributed by atoms with Gasteiger partial charge < -0.3 is 5.11 Å². The van der Waals surface area contributed by atoms with Gasteiger partial charge in [-0.3, -0.25) is 9.36 Å². The second-order valence-electron chi connectivity index (χ2n) is 6.03. The largest absolute Gasteiger partial charge is 0.480 e. The SMILES string of the molecule is CCc1cc2c(=O)n(C(CC)C(=O)O)c(-c3cccc(C)c3)nc2s1. The van der Waals surface area contributed by atoms with E-state index in [1.807, 2.05) is 44.2 Å². The summed E-state index contributed by atoms with van der Waals surface area (Å²) in [6.07, 6.45) is 1.13. The van der Waals surface area contributed by atoms with Gasteiger partial charge in [0, 0.05) is 10.4 Å². The molecule has 6 heteroatoms. The molecule has 3 rings (SSSR count). The predicted molar refractivity (Wildman–Crippen MR) is 100 cm³/mol. The Kier molecular flexibility index (Phi) is 4.72. The lowest BCUT2D eigenvalue weighted by Gasteiger charge is -2.18. The van der Waals surface area contributed by atoms with E-state index in [9.17, 15) is 14.7 Å². The minimum atomic E-state index is -1.02. The highest BCUT2D eigenvalue weighted by molar-refractivity contribution is 7.18. The van der Waals surface area contributed by atoms with Crippen molar-refractivity contribution in [3.05, 3.63) is 51.1 Å². The number of aromatic nitrogens is 2. The van der Waals surface area contributed by atoms with E-state index in [1.165, 1.54) is 15.9 Å². The van der Waals surface area contributed by atoms with Crippen LogP contribution in [0.5, 0.6) is 0 Å². The van der Waals surface area contributed by atoms with Crippen LogP contribution < -0.4 is 5.56 Å². The Morgan fingerprint density at radius 2 is 2.08 bits per heavy atom. The molecule has 1 unspecified atom stereocenters. The van der Waals surface area contributed by atoms with Gasteiger partial charge in [-0.15, -0.1) is 11.3 Å². The van der Waals surface area contributed by atoms with Gasteiger partial charge in [0.25, 0.3) is 5.56 Å². The molecule has 5 nitrogen and oxygen atoms in total. The third-order valence-corrected chi connectivity index (χ3v) is 5.43. The van der Waals surface area contributed by atoms with Gasteiger partial charge in [0.15, 0.2) is 0 Å². The fourth-order valence-electron chi connectivity index (χ4n) is 2.96. The standard InChI is InChI=1S/C19H20N2O3S/c1-4-13-10-14-17(25-13)20-16(12-8-6-7-11(3)9-12)21(18(14)22)15(5-2)19(23)24/h6-10,15H,4-5H2,1-3H3,(H,23,24). The summed E-state index contributed by atoms with van der Waals surface area (Å²) in [7, 11) is 0. The monoisotopic (exact) mass is 356 g/mol. The zero-order chi connectivity index (χ0) is 18.1. The van der Waals surface area contributed by atoms with Gasteiger partial charge in [-0.2, -0.15) is 0 Å². The number of carbonyl (C=O) groups is 1. The second kappa shape index (κ2) is 6.80.